The summed E-state index contributed by atoms with van der Waals surface area (Å²) in [5, 5.41) is 7.54. The van der Waals surface area contributed by atoms with Crippen molar-refractivity contribution in [3.05, 3.63) is 53.6 Å². The lowest BCUT2D eigenvalue weighted by molar-refractivity contribution is -0.115. The van der Waals surface area contributed by atoms with E-state index in [1.54, 1.807) is 0 Å². The van der Waals surface area contributed by atoms with Gasteiger partial charge in [-0.2, -0.15) is 0 Å². The molecule has 3 N–H and O–H groups in total. The number of nitrogens with two attached hydrogens (primary N) is 1. The van der Waals surface area contributed by atoms with Crippen molar-refractivity contribution in [1.82, 2.24) is 0 Å². The molecule has 0 heterocycles. The summed E-state index contributed by atoms with van der Waals surface area (Å²) in [5.74, 6) is -0.149. The van der Waals surface area contributed by atoms with Gasteiger partial charge in [-0.3, -0.25) is 4.79 Å². The fraction of sp³-hybridized carbons (Fsp3) is 0.235. The first-order valence-corrected chi connectivity index (χ1v) is 9.77. The predicted molar refractivity (Wildman–Crippen MR) is 97.7 cm³/mol. The minimum absolute atomic E-state index is 0.0123. The predicted octanol–water partition coefficient (Wildman–Crippen LogP) is 3.07. The number of carbonyl (C=O) groups is 1. The average Bonchev–Trinajstić information content (AvgIpc) is 2.50. The molecule has 2 rings (SSSR count). The van der Waals surface area contributed by atoms with Crippen molar-refractivity contribution in [2.75, 3.05) is 5.32 Å². The Bertz CT molecular complexity index is 847. The molecule has 2 aromatic rings. The van der Waals surface area contributed by atoms with Gasteiger partial charge in [-0.25, -0.2) is 13.6 Å². The van der Waals surface area contributed by atoms with Crippen LogP contribution in [0.15, 0.2) is 52.3 Å². The van der Waals surface area contributed by atoms with E-state index < -0.39 is 10.0 Å². The van der Waals surface area contributed by atoms with Crippen LogP contribution >= 0.6 is 11.8 Å². The average molecular weight is 364 g/mol. The zero-order valence-electron chi connectivity index (χ0n) is 13.7. The molecule has 0 radical (unpaired) electrons. The molecule has 1 amide bonds. The summed E-state index contributed by atoms with van der Waals surface area (Å²) in [7, 11) is -3.73. The number of thioether (sulfide) groups is 1. The van der Waals surface area contributed by atoms with Crippen molar-refractivity contribution in [3.63, 3.8) is 0 Å². The molecule has 0 saturated carbocycles. The molecule has 2 aromatic carbocycles. The van der Waals surface area contributed by atoms with Crippen molar-refractivity contribution < 1.29 is 13.2 Å². The third-order valence-corrected chi connectivity index (χ3v) is 5.66. The van der Waals surface area contributed by atoms with Crippen LogP contribution in [0.3, 0.4) is 0 Å². The molecule has 0 bridgehead atoms. The number of nitrogens with one attached hydrogen (secondary N) is 1. The highest BCUT2D eigenvalue weighted by Gasteiger charge is 2.16. The second-order valence-corrected chi connectivity index (χ2v) is 8.53. The number of carbonyl (C=O) groups excluding carboxylic acids is 1. The highest BCUT2D eigenvalue weighted by molar-refractivity contribution is 8.00. The highest BCUT2D eigenvalue weighted by Crippen LogP contribution is 2.28. The van der Waals surface area contributed by atoms with E-state index in [-0.39, 0.29) is 16.1 Å². The second-order valence-electron chi connectivity index (χ2n) is 5.59. The van der Waals surface area contributed by atoms with E-state index >= 15 is 0 Å². The van der Waals surface area contributed by atoms with Crippen LogP contribution in [0.2, 0.25) is 0 Å². The SMILES string of the molecule is Cc1ccc(C)c(S[C@H](C)C(=O)Nc2ccc(S(N)(=O)=O)cc2)c1. The number of aryl methyl sites for hydroxylation is 2. The number of amides is 1. The Balaban J connectivity index is 2.05. The van der Waals surface area contributed by atoms with Crippen LogP contribution in [0.25, 0.3) is 0 Å². The van der Waals surface area contributed by atoms with E-state index in [0.717, 1.165) is 16.0 Å². The molecule has 7 heteroatoms. The minimum Gasteiger partial charge on any atom is -0.325 e. The Hall–Kier alpha value is -1.83. The molecule has 0 spiro atoms. The van der Waals surface area contributed by atoms with Crippen LogP contribution in [0.1, 0.15) is 18.1 Å². The summed E-state index contributed by atoms with van der Waals surface area (Å²) < 4.78 is 22.4. The van der Waals surface area contributed by atoms with E-state index in [0.29, 0.717) is 5.69 Å². The van der Waals surface area contributed by atoms with Crippen LogP contribution in [0.4, 0.5) is 5.69 Å². The number of primary sulfonamides is 1. The lowest BCUT2D eigenvalue weighted by atomic mass is 10.2. The Morgan fingerprint density at radius 3 is 2.33 bits per heavy atom. The molecule has 1 atom stereocenters. The topological polar surface area (TPSA) is 89.3 Å². The molecular weight excluding hydrogens is 344 g/mol. The van der Waals surface area contributed by atoms with Gasteiger partial charge in [0, 0.05) is 10.6 Å². The van der Waals surface area contributed by atoms with Gasteiger partial charge in [0.05, 0.1) is 10.1 Å². The van der Waals surface area contributed by atoms with Crippen LogP contribution in [0.5, 0.6) is 0 Å². The molecule has 24 heavy (non-hydrogen) atoms. The summed E-state index contributed by atoms with van der Waals surface area (Å²) >= 11 is 1.49. The second kappa shape index (κ2) is 7.38. The van der Waals surface area contributed by atoms with Gasteiger partial charge in [0.1, 0.15) is 0 Å². The maximum atomic E-state index is 12.3. The molecule has 0 aromatic heterocycles. The van der Waals surface area contributed by atoms with Crippen molar-refractivity contribution in [2.24, 2.45) is 5.14 Å². The number of hydrogen-bond acceptors (Lipinski definition) is 4. The van der Waals surface area contributed by atoms with Gasteiger partial charge >= 0.3 is 0 Å². The van der Waals surface area contributed by atoms with E-state index in [4.69, 9.17) is 5.14 Å². The van der Waals surface area contributed by atoms with Crippen LogP contribution in [0, 0.1) is 13.8 Å². The Kier molecular flexibility index (Phi) is 5.69. The molecule has 0 aliphatic carbocycles. The molecule has 0 unspecified atom stereocenters. The van der Waals surface area contributed by atoms with E-state index in [2.05, 4.69) is 11.4 Å². The van der Waals surface area contributed by atoms with E-state index in [1.165, 1.54) is 36.0 Å². The molecule has 0 fully saturated rings. The Labute approximate surface area is 146 Å². The smallest absolute Gasteiger partial charge is 0.238 e. The number of hydrogen-bond donors (Lipinski definition) is 2. The number of anilines is 1. The number of rotatable bonds is 5. The van der Waals surface area contributed by atoms with Crippen molar-refractivity contribution in [2.45, 2.75) is 35.8 Å². The molecule has 5 nitrogen and oxygen atoms in total. The number of sulfonamides is 1. The summed E-state index contributed by atoms with van der Waals surface area (Å²) in [4.78, 5) is 13.4. The quantitative estimate of drug-likeness (QED) is 0.798. The Morgan fingerprint density at radius 1 is 1.12 bits per heavy atom. The van der Waals surface area contributed by atoms with Crippen LogP contribution in [-0.2, 0) is 14.8 Å². The van der Waals surface area contributed by atoms with Crippen molar-refractivity contribution in [3.8, 4) is 0 Å². The monoisotopic (exact) mass is 364 g/mol. The van der Waals surface area contributed by atoms with E-state index in [9.17, 15) is 13.2 Å². The van der Waals surface area contributed by atoms with Gasteiger partial charge in [-0.05, 0) is 56.7 Å². The maximum Gasteiger partial charge on any atom is 0.238 e. The molecule has 0 saturated heterocycles. The van der Waals surface area contributed by atoms with E-state index in [1.807, 2.05) is 32.9 Å². The first kappa shape index (κ1) is 18.5. The van der Waals surface area contributed by atoms with Crippen LogP contribution < -0.4 is 10.5 Å². The van der Waals surface area contributed by atoms with Crippen LogP contribution in [-0.4, -0.2) is 19.6 Å². The fourth-order valence-electron chi connectivity index (χ4n) is 2.05. The molecule has 0 aliphatic heterocycles. The van der Waals surface area contributed by atoms with Crippen molar-refractivity contribution >= 4 is 33.4 Å². The highest BCUT2D eigenvalue weighted by atomic mass is 32.2. The lowest BCUT2D eigenvalue weighted by Crippen LogP contribution is -2.22. The largest absolute Gasteiger partial charge is 0.325 e. The Morgan fingerprint density at radius 2 is 1.75 bits per heavy atom. The standard InChI is InChI=1S/C17H20N2O3S2/c1-11-4-5-12(2)16(10-11)23-13(3)17(20)19-14-6-8-15(9-7-14)24(18,21)22/h4-10,13H,1-3H3,(H,19,20)(H2,18,21,22)/t13-/m1/s1. The molecule has 0 aliphatic rings. The van der Waals surface area contributed by atoms with Gasteiger partial charge in [-0.15, -0.1) is 11.8 Å². The zero-order chi connectivity index (χ0) is 17.9. The van der Waals surface area contributed by atoms with Gasteiger partial charge in [0.2, 0.25) is 15.9 Å². The van der Waals surface area contributed by atoms with Gasteiger partial charge in [-0.1, -0.05) is 17.7 Å². The molecular formula is C17H20N2O3S2. The molecule has 128 valence electrons. The zero-order valence-corrected chi connectivity index (χ0v) is 15.4. The third-order valence-electron chi connectivity index (χ3n) is 3.47. The minimum atomic E-state index is -3.73. The maximum absolute atomic E-state index is 12.3. The summed E-state index contributed by atoms with van der Waals surface area (Å²) in [5.41, 5.74) is 2.80. The first-order valence-electron chi connectivity index (χ1n) is 7.34. The fourth-order valence-corrected chi connectivity index (χ4v) is 3.62. The van der Waals surface area contributed by atoms with Gasteiger partial charge in [0.15, 0.2) is 0 Å². The third kappa shape index (κ3) is 4.83. The normalized spacial score (nSPS) is 12.7. The van der Waals surface area contributed by atoms with Crippen molar-refractivity contribution in [1.29, 1.82) is 0 Å². The first-order chi connectivity index (χ1) is 11.2. The number of benzene rings is 2. The summed E-state index contributed by atoms with van der Waals surface area (Å²) in [6, 6.07) is 11.9. The lowest BCUT2D eigenvalue weighted by Gasteiger charge is -2.14. The summed E-state index contributed by atoms with van der Waals surface area (Å²) in [6.07, 6.45) is 0. The van der Waals surface area contributed by atoms with Gasteiger partial charge in [0.25, 0.3) is 0 Å². The van der Waals surface area contributed by atoms with Gasteiger partial charge < -0.3 is 5.32 Å². The summed E-state index contributed by atoms with van der Waals surface area (Å²) in [6.45, 7) is 5.86.